The summed E-state index contributed by atoms with van der Waals surface area (Å²) in [5.41, 5.74) is 1.01. The third-order valence-corrected chi connectivity index (χ3v) is 7.36. The molecule has 0 spiro atoms. The average molecular weight is 370 g/mol. The van der Waals surface area contributed by atoms with E-state index >= 15 is 0 Å². The predicted octanol–water partition coefficient (Wildman–Crippen LogP) is 4.03. The maximum absolute atomic E-state index is 12.4. The Hall–Kier alpha value is -1.78. The topological polar surface area (TPSA) is 63.2 Å². The summed E-state index contributed by atoms with van der Waals surface area (Å²) < 4.78 is 5.90. The lowest BCUT2D eigenvalue weighted by Crippen LogP contribution is -2.57. The lowest BCUT2D eigenvalue weighted by molar-refractivity contribution is -0.00942. The molecule has 6 rings (SSSR count). The monoisotopic (exact) mass is 369 g/mol. The van der Waals surface area contributed by atoms with Gasteiger partial charge in [0.1, 0.15) is 6.10 Å². The molecule has 0 aliphatic heterocycles. The van der Waals surface area contributed by atoms with E-state index in [1.54, 1.807) is 0 Å². The Bertz CT molecular complexity index is 641. The molecule has 1 aromatic rings. The van der Waals surface area contributed by atoms with Crippen LogP contribution in [0.1, 0.15) is 63.4 Å². The van der Waals surface area contributed by atoms with Gasteiger partial charge >= 0.3 is 6.03 Å². The van der Waals surface area contributed by atoms with Gasteiger partial charge < -0.3 is 15.4 Å². The quantitative estimate of drug-likeness (QED) is 0.824. The maximum atomic E-state index is 12.4. The van der Waals surface area contributed by atoms with Gasteiger partial charge in [-0.25, -0.2) is 9.78 Å². The van der Waals surface area contributed by atoms with Gasteiger partial charge in [-0.3, -0.25) is 0 Å². The van der Waals surface area contributed by atoms with Crippen molar-refractivity contribution in [1.82, 2.24) is 15.6 Å². The molecule has 27 heavy (non-hydrogen) atoms. The van der Waals surface area contributed by atoms with Crippen LogP contribution in [0.15, 0.2) is 18.3 Å². The van der Waals surface area contributed by atoms with Crippen molar-refractivity contribution in [1.29, 1.82) is 0 Å². The van der Waals surface area contributed by atoms with Crippen molar-refractivity contribution in [2.75, 3.05) is 0 Å². The minimum absolute atomic E-state index is 0.0289. The molecule has 146 valence electrons. The average Bonchev–Trinajstić information content (AvgIpc) is 3.17. The first-order valence-electron chi connectivity index (χ1n) is 10.9. The third kappa shape index (κ3) is 3.78. The minimum atomic E-state index is -0.0289. The Morgan fingerprint density at radius 3 is 2.37 bits per heavy atom. The Balaban J connectivity index is 1.10. The normalized spacial score (nSPS) is 34.6. The van der Waals surface area contributed by atoms with Crippen molar-refractivity contribution in [3.05, 3.63) is 23.9 Å². The number of nitrogens with zero attached hydrogens (tertiary/aromatic N) is 1. The summed E-state index contributed by atoms with van der Waals surface area (Å²) in [7, 11) is 0. The standard InChI is InChI=1S/C22H31N3O2/c26-22(25-21-17-8-15-7-16(10-17)11-18(21)9-15)24-13-14-5-6-20(23-12-14)27-19-3-1-2-4-19/h5-6,12,15-19,21H,1-4,7-11,13H2,(H2,24,25,26). The highest BCUT2D eigenvalue weighted by molar-refractivity contribution is 5.74. The number of carbonyl (C=O) groups is 1. The number of hydrogen-bond acceptors (Lipinski definition) is 3. The van der Waals surface area contributed by atoms with Crippen LogP contribution in [0.25, 0.3) is 0 Å². The summed E-state index contributed by atoms with van der Waals surface area (Å²) in [6.07, 6.45) is 13.7. The zero-order chi connectivity index (χ0) is 18.2. The second-order valence-electron chi connectivity index (χ2n) is 9.31. The van der Waals surface area contributed by atoms with E-state index in [1.165, 1.54) is 44.9 Å². The smallest absolute Gasteiger partial charge is 0.315 e. The van der Waals surface area contributed by atoms with Gasteiger partial charge in [0.05, 0.1) is 0 Å². The van der Waals surface area contributed by atoms with E-state index in [9.17, 15) is 4.79 Å². The molecule has 0 atom stereocenters. The summed E-state index contributed by atoms with van der Waals surface area (Å²) in [5, 5.41) is 6.32. The number of pyridine rings is 1. The number of hydrogen-bond donors (Lipinski definition) is 2. The van der Waals surface area contributed by atoms with E-state index in [0.29, 0.717) is 36.4 Å². The molecule has 5 aliphatic rings. The molecule has 5 aliphatic carbocycles. The van der Waals surface area contributed by atoms with Crippen molar-refractivity contribution in [2.45, 2.75) is 76.5 Å². The molecule has 0 unspecified atom stereocenters. The second-order valence-corrected chi connectivity index (χ2v) is 9.31. The van der Waals surface area contributed by atoms with Gasteiger partial charge in [-0.05, 0) is 87.0 Å². The predicted molar refractivity (Wildman–Crippen MR) is 103 cm³/mol. The molecule has 2 N–H and O–H groups in total. The molecule has 5 heteroatoms. The van der Waals surface area contributed by atoms with Crippen LogP contribution in [0.2, 0.25) is 0 Å². The fraction of sp³-hybridized carbons (Fsp3) is 0.727. The Labute approximate surface area is 161 Å². The van der Waals surface area contributed by atoms with Crippen LogP contribution in [-0.2, 0) is 6.54 Å². The molecule has 4 bridgehead atoms. The van der Waals surface area contributed by atoms with Gasteiger partial charge in [-0.1, -0.05) is 6.07 Å². The van der Waals surface area contributed by atoms with Crippen LogP contribution in [0, 0.1) is 23.7 Å². The molecular weight excluding hydrogens is 338 g/mol. The summed E-state index contributed by atoms with van der Waals surface area (Å²) in [5.74, 6) is 3.99. The van der Waals surface area contributed by atoms with E-state index in [0.717, 1.165) is 30.2 Å². The molecular formula is C22H31N3O2. The number of carbonyl (C=O) groups excluding carboxylic acids is 1. The van der Waals surface area contributed by atoms with E-state index in [1.807, 2.05) is 18.3 Å². The lowest BCUT2D eigenvalue weighted by atomic mass is 9.54. The summed E-state index contributed by atoms with van der Waals surface area (Å²) in [6, 6.07) is 4.28. The van der Waals surface area contributed by atoms with Crippen molar-refractivity contribution in [2.24, 2.45) is 23.7 Å². The number of ether oxygens (including phenoxy) is 1. The fourth-order valence-electron chi connectivity index (χ4n) is 6.31. The van der Waals surface area contributed by atoms with Gasteiger partial charge in [0, 0.05) is 24.8 Å². The second kappa shape index (κ2) is 7.33. The molecule has 0 aromatic carbocycles. The third-order valence-electron chi connectivity index (χ3n) is 7.36. The number of aromatic nitrogens is 1. The Kier molecular flexibility index (Phi) is 4.70. The SMILES string of the molecule is O=C(NCc1ccc(OC2CCCC2)nc1)NC1C2CC3CC(C2)CC1C3. The molecule has 5 nitrogen and oxygen atoms in total. The zero-order valence-corrected chi connectivity index (χ0v) is 16.0. The Morgan fingerprint density at radius 1 is 1.04 bits per heavy atom. The highest BCUT2D eigenvalue weighted by Crippen LogP contribution is 2.53. The molecule has 5 fully saturated rings. The number of nitrogens with one attached hydrogen (secondary N) is 2. The lowest BCUT2D eigenvalue weighted by Gasteiger charge is -2.54. The number of amides is 2. The molecule has 1 heterocycles. The van der Waals surface area contributed by atoms with E-state index < -0.39 is 0 Å². The summed E-state index contributed by atoms with van der Waals surface area (Å²) in [6.45, 7) is 0.510. The van der Waals surface area contributed by atoms with Crippen LogP contribution in [0.3, 0.4) is 0 Å². The summed E-state index contributed by atoms with van der Waals surface area (Å²) in [4.78, 5) is 16.8. The number of rotatable bonds is 5. The first kappa shape index (κ1) is 17.3. The highest BCUT2D eigenvalue weighted by Gasteiger charge is 2.48. The van der Waals surface area contributed by atoms with Crippen molar-refractivity contribution < 1.29 is 9.53 Å². The van der Waals surface area contributed by atoms with E-state index in [2.05, 4.69) is 15.6 Å². The van der Waals surface area contributed by atoms with Crippen LogP contribution < -0.4 is 15.4 Å². The van der Waals surface area contributed by atoms with Crippen LogP contribution in [0.5, 0.6) is 5.88 Å². The van der Waals surface area contributed by atoms with E-state index in [-0.39, 0.29) is 6.03 Å². The zero-order valence-electron chi connectivity index (χ0n) is 16.0. The number of urea groups is 1. The first-order valence-corrected chi connectivity index (χ1v) is 10.9. The van der Waals surface area contributed by atoms with Gasteiger partial charge in [-0.2, -0.15) is 0 Å². The van der Waals surface area contributed by atoms with Crippen LogP contribution in [-0.4, -0.2) is 23.2 Å². The van der Waals surface area contributed by atoms with Gasteiger partial charge in [0.25, 0.3) is 0 Å². The highest BCUT2D eigenvalue weighted by atomic mass is 16.5. The fourth-order valence-corrected chi connectivity index (χ4v) is 6.31. The molecule has 2 amide bonds. The van der Waals surface area contributed by atoms with Crippen molar-refractivity contribution in [3.8, 4) is 5.88 Å². The molecule has 0 radical (unpaired) electrons. The van der Waals surface area contributed by atoms with Gasteiger partial charge in [0.2, 0.25) is 5.88 Å². The molecule has 1 aromatic heterocycles. The largest absolute Gasteiger partial charge is 0.474 e. The summed E-state index contributed by atoms with van der Waals surface area (Å²) >= 11 is 0. The van der Waals surface area contributed by atoms with Crippen LogP contribution >= 0.6 is 0 Å². The van der Waals surface area contributed by atoms with Crippen molar-refractivity contribution in [3.63, 3.8) is 0 Å². The van der Waals surface area contributed by atoms with E-state index in [4.69, 9.17) is 4.74 Å². The van der Waals surface area contributed by atoms with Crippen LogP contribution in [0.4, 0.5) is 4.79 Å². The van der Waals surface area contributed by atoms with Gasteiger partial charge in [0.15, 0.2) is 0 Å². The molecule has 0 saturated heterocycles. The molecule has 5 saturated carbocycles. The maximum Gasteiger partial charge on any atom is 0.315 e. The van der Waals surface area contributed by atoms with Crippen molar-refractivity contribution >= 4 is 6.03 Å². The Morgan fingerprint density at radius 2 is 1.74 bits per heavy atom. The minimum Gasteiger partial charge on any atom is -0.474 e. The van der Waals surface area contributed by atoms with Gasteiger partial charge in [-0.15, -0.1) is 0 Å². The first-order chi connectivity index (χ1) is 13.2.